The molecule has 1 amide bonds. The number of nitriles is 1. The molecule has 3 aromatic carbocycles. The Morgan fingerprint density at radius 3 is 2.41 bits per heavy atom. The Balaban J connectivity index is 1.96. The number of carbonyl (C=O) groups excluding carboxylic acids is 1. The number of hydrogen-bond donors (Lipinski definition) is 1. The van der Waals surface area contributed by atoms with E-state index in [1.54, 1.807) is 37.3 Å². The average Bonchev–Trinajstić information content (AvgIpc) is 2.89. The van der Waals surface area contributed by atoms with Gasteiger partial charge in [0.05, 0.1) is 29.2 Å². The zero-order chi connectivity index (χ0) is 28.7. The molecule has 0 bridgehead atoms. The molecule has 0 unspecified atom stereocenters. The highest BCUT2D eigenvalue weighted by atomic mass is 35.5. The molecule has 1 N–H and O–H groups in total. The van der Waals surface area contributed by atoms with Gasteiger partial charge in [0.2, 0.25) is 5.75 Å². The molecule has 0 saturated heterocycles. The average molecular weight is 562 g/mol. The molecule has 0 aliphatic carbocycles. The third-order valence-corrected chi connectivity index (χ3v) is 5.33. The summed E-state index contributed by atoms with van der Waals surface area (Å²) < 4.78 is 55.2. The normalized spacial score (nSPS) is 11.4. The fourth-order valence-electron chi connectivity index (χ4n) is 3.25. The van der Waals surface area contributed by atoms with Crippen LogP contribution in [0.2, 0.25) is 5.02 Å². The zero-order valence-electron chi connectivity index (χ0n) is 20.3. The first-order valence-electron chi connectivity index (χ1n) is 11.0. The van der Waals surface area contributed by atoms with Gasteiger partial charge in [-0.1, -0.05) is 11.6 Å². The summed E-state index contributed by atoms with van der Waals surface area (Å²) in [7, 11) is 1.49. The number of anilines is 1. The van der Waals surface area contributed by atoms with Crippen molar-refractivity contribution in [2.75, 3.05) is 19.0 Å². The van der Waals surface area contributed by atoms with Crippen molar-refractivity contribution >= 4 is 35.0 Å². The standard InChI is InChI=1S/C26H19ClF3N3O6/c1-3-38-23-12-15(10-16(14-31)25(34)32-18-5-7-19(37-2)8-6-18)11-20(27)24(23)39-22-9-4-17(26(28,29)30)13-21(22)33(35)36/h4-13H,3H2,1-2H3,(H,32,34)/b16-10+. The summed E-state index contributed by atoms with van der Waals surface area (Å²) in [6.07, 6.45) is -3.57. The first kappa shape index (κ1) is 28.8. The molecule has 9 nitrogen and oxygen atoms in total. The molecule has 0 aliphatic heterocycles. The quantitative estimate of drug-likeness (QED) is 0.129. The van der Waals surface area contributed by atoms with Gasteiger partial charge in [-0.3, -0.25) is 14.9 Å². The van der Waals surface area contributed by atoms with E-state index in [0.29, 0.717) is 23.6 Å². The molecule has 0 heterocycles. The molecular formula is C26H19ClF3N3O6. The van der Waals surface area contributed by atoms with Crippen LogP contribution in [0.25, 0.3) is 6.08 Å². The largest absolute Gasteiger partial charge is 0.497 e. The Hall–Kier alpha value is -4.76. The van der Waals surface area contributed by atoms with Crippen molar-refractivity contribution < 1.29 is 37.1 Å². The second kappa shape index (κ2) is 12.2. The van der Waals surface area contributed by atoms with Crippen LogP contribution in [0.5, 0.6) is 23.0 Å². The minimum atomic E-state index is -4.80. The summed E-state index contributed by atoms with van der Waals surface area (Å²) >= 11 is 6.34. The predicted octanol–water partition coefficient (Wildman–Crippen LogP) is 7.01. The number of benzene rings is 3. The van der Waals surface area contributed by atoms with E-state index >= 15 is 0 Å². The van der Waals surface area contributed by atoms with E-state index < -0.39 is 34.0 Å². The molecule has 3 aromatic rings. The highest BCUT2D eigenvalue weighted by Gasteiger charge is 2.33. The van der Waals surface area contributed by atoms with Crippen molar-refractivity contribution in [3.05, 3.63) is 86.4 Å². The van der Waals surface area contributed by atoms with Crippen molar-refractivity contribution in [3.8, 4) is 29.1 Å². The van der Waals surface area contributed by atoms with Gasteiger partial charge in [0.1, 0.15) is 17.4 Å². The summed E-state index contributed by atoms with van der Waals surface area (Å²) in [5.41, 5.74) is -1.78. The lowest BCUT2D eigenvalue weighted by Gasteiger charge is -2.15. The van der Waals surface area contributed by atoms with Gasteiger partial charge in [0.15, 0.2) is 11.5 Å². The van der Waals surface area contributed by atoms with E-state index in [1.165, 1.54) is 25.3 Å². The molecule has 0 saturated carbocycles. The fraction of sp³-hybridized carbons (Fsp3) is 0.154. The van der Waals surface area contributed by atoms with Crippen LogP contribution < -0.4 is 19.5 Å². The van der Waals surface area contributed by atoms with E-state index in [9.17, 15) is 33.3 Å². The van der Waals surface area contributed by atoms with Crippen molar-refractivity contribution in [1.82, 2.24) is 0 Å². The maximum atomic E-state index is 13.0. The van der Waals surface area contributed by atoms with Gasteiger partial charge in [0, 0.05) is 11.8 Å². The maximum Gasteiger partial charge on any atom is 0.416 e. The molecule has 13 heteroatoms. The van der Waals surface area contributed by atoms with Crippen molar-refractivity contribution in [3.63, 3.8) is 0 Å². The monoisotopic (exact) mass is 561 g/mol. The van der Waals surface area contributed by atoms with Crippen LogP contribution in [0.1, 0.15) is 18.1 Å². The Morgan fingerprint density at radius 2 is 1.85 bits per heavy atom. The summed E-state index contributed by atoms with van der Waals surface area (Å²) in [6, 6.07) is 12.7. The number of nitro benzene ring substituents is 1. The topological polar surface area (TPSA) is 124 Å². The van der Waals surface area contributed by atoms with Crippen LogP contribution in [-0.2, 0) is 11.0 Å². The molecule has 0 fully saturated rings. The van der Waals surface area contributed by atoms with Crippen LogP contribution in [0.4, 0.5) is 24.5 Å². The number of nitro groups is 1. The Morgan fingerprint density at radius 1 is 1.15 bits per heavy atom. The lowest BCUT2D eigenvalue weighted by atomic mass is 10.1. The smallest absolute Gasteiger partial charge is 0.416 e. The molecule has 3 rings (SSSR count). The summed E-state index contributed by atoms with van der Waals surface area (Å²) in [5, 5.41) is 23.4. The Bertz CT molecular complexity index is 1470. The molecule has 0 spiro atoms. The number of ether oxygens (including phenoxy) is 3. The Kier molecular flexibility index (Phi) is 9.00. The van der Waals surface area contributed by atoms with Crippen LogP contribution in [0, 0.1) is 21.4 Å². The van der Waals surface area contributed by atoms with E-state index in [0.717, 1.165) is 6.07 Å². The van der Waals surface area contributed by atoms with Crippen LogP contribution in [0.3, 0.4) is 0 Å². The van der Waals surface area contributed by atoms with Gasteiger partial charge in [-0.25, -0.2) is 0 Å². The summed E-state index contributed by atoms with van der Waals surface area (Å²) in [4.78, 5) is 23.1. The van der Waals surface area contributed by atoms with Crippen LogP contribution in [-0.4, -0.2) is 24.5 Å². The van der Waals surface area contributed by atoms with Crippen molar-refractivity contribution in [2.24, 2.45) is 0 Å². The summed E-state index contributed by atoms with van der Waals surface area (Å²) in [6.45, 7) is 1.72. The number of halogens is 4. The predicted molar refractivity (Wildman–Crippen MR) is 136 cm³/mol. The van der Waals surface area contributed by atoms with E-state index in [4.69, 9.17) is 25.8 Å². The number of nitrogens with zero attached hydrogens (tertiary/aromatic N) is 2. The van der Waals surface area contributed by atoms with Crippen molar-refractivity contribution in [2.45, 2.75) is 13.1 Å². The third kappa shape index (κ3) is 7.18. The highest BCUT2D eigenvalue weighted by Crippen LogP contribution is 2.44. The second-order valence-corrected chi connectivity index (χ2v) is 8.06. The summed E-state index contributed by atoms with van der Waals surface area (Å²) in [5.74, 6) is -0.878. The lowest BCUT2D eigenvalue weighted by Crippen LogP contribution is -2.13. The first-order chi connectivity index (χ1) is 18.5. The minimum absolute atomic E-state index is 0.0294. The van der Waals surface area contributed by atoms with E-state index in [2.05, 4.69) is 5.32 Å². The van der Waals surface area contributed by atoms with Gasteiger partial charge in [-0.05, 0) is 67.1 Å². The molecule has 202 valence electrons. The molecule has 0 radical (unpaired) electrons. The van der Waals surface area contributed by atoms with Gasteiger partial charge in [-0.15, -0.1) is 0 Å². The van der Waals surface area contributed by atoms with Crippen LogP contribution in [0.15, 0.2) is 60.2 Å². The number of methoxy groups -OCH3 is 1. The van der Waals surface area contributed by atoms with Gasteiger partial charge < -0.3 is 19.5 Å². The maximum absolute atomic E-state index is 13.0. The van der Waals surface area contributed by atoms with E-state index in [-0.39, 0.29) is 34.3 Å². The van der Waals surface area contributed by atoms with Gasteiger partial charge in [-0.2, -0.15) is 18.4 Å². The number of hydrogen-bond acceptors (Lipinski definition) is 7. The number of nitrogens with one attached hydrogen (secondary N) is 1. The molecule has 0 atom stereocenters. The zero-order valence-corrected chi connectivity index (χ0v) is 21.1. The number of alkyl halides is 3. The van der Waals surface area contributed by atoms with E-state index in [1.807, 2.05) is 0 Å². The second-order valence-electron chi connectivity index (χ2n) is 7.65. The highest BCUT2D eigenvalue weighted by molar-refractivity contribution is 6.32. The fourth-order valence-corrected chi connectivity index (χ4v) is 3.51. The number of carbonyl (C=O) groups is 1. The first-order valence-corrected chi connectivity index (χ1v) is 11.4. The molecule has 0 aromatic heterocycles. The van der Waals surface area contributed by atoms with Gasteiger partial charge >= 0.3 is 11.9 Å². The number of amides is 1. The molecular weight excluding hydrogens is 543 g/mol. The molecule has 0 aliphatic rings. The van der Waals surface area contributed by atoms with Crippen LogP contribution >= 0.6 is 11.6 Å². The Labute approximate surface area is 225 Å². The number of rotatable bonds is 9. The van der Waals surface area contributed by atoms with Gasteiger partial charge in [0.25, 0.3) is 5.91 Å². The molecule has 39 heavy (non-hydrogen) atoms. The lowest BCUT2D eigenvalue weighted by molar-refractivity contribution is -0.385. The van der Waals surface area contributed by atoms with Crippen molar-refractivity contribution in [1.29, 1.82) is 5.26 Å². The third-order valence-electron chi connectivity index (χ3n) is 5.05. The SMILES string of the molecule is CCOc1cc(/C=C(\C#N)C(=O)Nc2ccc(OC)cc2)cc(Cl)c1Oc1ccc(C(F)(F)F)cc1[N+](=O)[O-]. The minimum Gasteiger partial charge on any atom is -0.497 e.